The normalized spacial score (nSPS) is 13.8. The van der Waals surface area contributed by atoms with Crippen molar-refractivity contribution in [3.63, 3.8) is 0 Å². The van der Waals surface area contributed by atoms with Crippen LogP contribution in [0.25, 0.3) is 0 Å². The van der Waals surface area contributed by atoms with Crippen LogP contribution in [0.15, 0.2) is 24.3 Å². The van der Waals surface area contributed by atoms with E-state index in [4.69, 9.17) is 0 Å². The van der Waals surface area contributed by atoms with Crippen LogP contribution in [0.3, 0.4) is 0 Å². The van der Waals surface area contributed by atoms with Gasteiger partial charge in [-0.2, -0.15) is 0 Å². The molecule has 1 N–H and O–H groups in total. The third kappa shape index (κ3) is 4.99. The van der Waals surface area contributed by atoms with E-state index in [2.05, 4.69) is 71.1 Å². The van der Waals surface area contributed by atoms with E-state index >= 15 is 0 Å². The molecule has 1 unspecified atom stereocenters. The van der Waals surface area contributed by atoms with Gasteiger partial charge < -0.3 is 5.32 Å². The number of benzene rings is 1. The highest BCUT2D eigenvalue weighted by atomic mass is 14.9. The third-order valence-electron chi connectivity index (χ3n) is 4.45. The summed E-state index contributed by atoms with van der Waals surface area (Å²) in [5.74, 6) is 0.694. The maximum atomic E-state index is 3.67. The second kappa shape index (κ2) is 7.09. The highest BCUT2D eigenvalue weighted by Gasteiger charge is 2.22. The zero-order chi connectivity index (χ0) is 14.5. The van der Waals surface area contributed by atoms with Crippen molar-refractivity contribution in [3.8, 4) is 0 Å². The summed E-state index contributed by atoms with van der Waals surface area (Å²) in [6, 6.07) is 9.50. The van der Waals surface area contributed by atoms with E-state index in [-0.39, 0.29) is 0 Å². The molecule has 0 bridgehead atoms. The first-order valence-corrected chi connectivity index (χ1v) is 7.69. The van der Waals surface area contributed by atoms with E-state index in [1.54, 1.807) is 0 Å². The summed E-state index contributed by atoms with van der Waals surface area (Å²) in [4.78, 5) is 0. The molecule has 1 heteroatoms. The molecule has 0 aliphatic carbocycles. The Bertz CT molecular complexity index is 362. The van der Waals surface area contributed by atoms with Crippen LogP contribution in [0.4, 0.5) is 0 Å². The molecular formula is C18H31N. The summed E-state index contributed by atoms with van der Waals surface area (Å²) in [7, 11) is 0. The molecule has 108 valence electrons. The molecule has 0 aromatic heterocycles. The summed E-state index contributed by atoms with van der Waals surface area (Å²) in [6.45, 7) is 14.8. The summed E-state index contributed by atoms with van der Waals surface area (Å²) in [5.41, 5.74) is 3.18. The van der Waals surface area contributed by atoms with Crippen LogP contribution in [-0.4, -0.2) is 6.54 Å². The van der Waals surface area contributed by atoms with Crippen LogP contribution >= 0.6 is 0 Å². The maximum absolute atomic E-state index is 3.67. The van der Waals surface area contributed by atoms with Crippen LogP contribution in [0.2, 0.25) is 0 Å². The van der Waals surface area contributed by atoms with Crippen LogP contribution in [0.1, 0.15) is 65.1 Å². The fraction of sp³-hybridized carbons (Fsp3) is 0.667. The van der Waals surface area contributed by atoms with Gasteiger partial charge in [0.1, 0.15) is 0 Å². The lowest BCUT2D eigenvalue weighted by Gasteiger charge is -2.31. The van der Waals surface area contributed by atoms with E-state index in [0.29, 0.717) is 17.4 Å². The minimum absolute atomic E-state index is 0.344. The van der Waals surface area contributed by atoms with Gasteiger partial charge in [0, 0.05) is 12.6 Å². The Labute approximate surface area is 119 Å². The highest BCUT2D eigenvalue weighted by Crippen LogP contribution is 2.26. The molecule has 0 saturated heterocycles. The molecule has 1 aromatic rings. The Balaban J connectivity index is 2.56. The molecule has 0 heterocycles. The van der Waals surface area contributed by atoms with Crippen LogP contribution in [-0.2, 0) is 6.42 Å². The predicted molar refractivity (Wildman–Crippen MR) is 85.5 cm³/mol. The van der Waals surface area contributed by atoms with Gasteiger partial charge in [0.25, 0.3) is 0 Å². The first kappa shape index (κ1) is 16.2. The quantitative estimate of drug-likeness (QED) is 0.730. The number of nitrogens with one attached hydrogen (secondary N) is 1. The van der Waals surface area contributed by atoms with Gasteiger partial charge in [-0.1, -0.05) is 65.3 Å². The molecule has 19 heavy (non-hydrogen) atoms. The van der Waals surface area contributed by atoms with E-state index in [1.807, 2.05) is 0 Å². The molecule has 1 atom stereocenters. The Morgan fingerprint density at radius 3 is 2.11 bits per heavy atom. The largest absolute Gasteiger partial charge is 0.310 e. The lowest BCUT2D eigenvalue weighted by molar-refractivity contribution is 0.230. The Hall–Kier alpha value is -0.820. The molecule has 0 aliphatic rings. The van der Waals surface area contributed by atoms with E-state index in [9.17, 15) is 0 Å². The van der Waals surface area contributed by atoms with E-state index in [0.717, 1.165) is 6.54 Å². The predicted octanol–water partition coefficient (Wildman–Crippen LogP) is 4.97. The number of rotatable bonds is 7. The smallest absolute Gasteiger partial charge is 0.0292 e. The molecular weight excluding hydrogens is 230 g/mol. The van der Waals surface area contributed by atoms with Crippen molar-refractivity contribution in [2.75, 3.05) is 6.54 Å². The number of aryl methyl sites for hydroxylation is 1. The zero-order valence-corrected chi connectivity index (χ0v) is 13.6. The van der Waals surface area contributed by atoms with Crippen molar-refractivity contribution >= 4 is 0 Å². The lowest BCUT2D eigenvalue weighted by atomic mass is 9.81. The SMILES string of the molecule is CCCc1ccc(C(C)NCC(C)(C)C(C)C)cc1. The third-order valence-corrected chi connectivity index (χ3v) is 4.45. The van der Waals surface area contributed by atoms with Gasteiger partial charge >= 0.3 is 0 Å². The van der Waals surface area contributed by atoms with Gasteiger partial charge in [0.05, 0.1) is 0 Å². The summed E-state index contributed by atoms with van der Waals surface area (Å²) >= 11 is 0. The molecule has 1 rings (SSSR count). The summed E-state index contributed by atoms with van der Waals surface area (Å²) in [5, 5.41) is 3.67. The minimum Gasteiger partial charge on any atom is -0.310 e. The molecule has 1 aromatic carbocycles. The van der Waals surface area contributed by atoms with Crippen molar-refractivity contribution in [2.24, 2.45) is 11.3 Å². The first-order chi connectivity index (χ1) is 8.86. The van der Waals surface area contributed by atoms with Gasteiger partial charge in [-0.3, -0.25) is 0 Å². The van der Waals surface area contributed by atoms with Crippen molar-refractivity contribution in [3.05, 3.63) is 35.4 Å². The minimum atomic E-state index is 0.344. The monoisotopic (exact) mass is 261 g/mol. The van der Waals surface area contributed by atoms with Crippen molar-refractivity contribution in [1.29, 1.82) is 0 Å². The number of hydrogen-bond donors (Lipinski definition) is 1. The van der Waals surface area contributed by atoms with Gasteiger partial charge in [-0.15, -0.1) is 0 Å². The van der Waals surface area contributed by atoms with Gasteiger partial charge in [0.2, 0.25) is 0 Å². The Morgan fingerprint density at radius 1 is 1.05 bits per heavy atom. The standard InChI is InChI=1S/C18H31N/c1-7-8-16-9-11-17(12-10-16)15(4)19-13-18(5,6)14(2)3/h9-12,14-15,19H,7-8,13H2,1-6H3. The molecule has 0 saturated carbocycles. The van der Waals surface area contributed by atoms with Crippen molar-refractivity contribution in [2.45, 2.75) is 60.4 Å². The first-order valence-electron chi connectivity index (χ1n) is 7.69. The van der Waals surface area contributed by atoms with Crippen molar-refractivity contribution in [1.82, 2.24) is 5.32 Å². The van der Waals surface area contributed by atoms with Crippen LogP contribution in [0.5, 0.6) is 0 Å². The average molecular weight is 261 g/mol. The molecule has 0 aliphatic heterocycles. The van der Waals surface area contributed by atoms with Crippen LogP contribution in [0, 0.1) is 11.3 Å². The Kier molecular flexibility index (Phi) is 6.06. The lowest BCUT2D eigenvalue weighted by Crippen LogP contribution is -2.34. The molecule has 0 fully saturated rings. The molecule has 0 amide bonds. The van der Waals surface area contributed by atoms with Crippen LogP contribution < -0.4 is 5.32 Å². The molecule has 0 radical (unpaired) electrons. The van der Waals surface area contributed by atoms with Crippen molar-refractivity contribution < 1.29 is 0 Å². The second-order valence-corrected chi connectivity index (χ2v) is 6.74. The maximum Gasteiger partial charge on any atom is 0.0292 e. The average Bonchev–Trinajstić information content (AvgIpc) is 2.37. The number of hydrogen-bond acceptors (Lipinski definition) is 1. The fourth-order valence-electron chi connectivity index (χ4n) is 2.00. The second-order valence-electron chi connectivity index (χ2n) is 6.74. The van der Waals surface area contributed by atoms with Gasteiger partial charge in [0.15, 0.2) is 0 Å². The summed E-state index contributed by atoms with van der Waals surface area (Å²) in [6.07, 6.45) is 2.40. The zero-order valence-electron chi connectivity index (χ0n) is 13.6. The van der Waals surface area contributed by atoms with E-state index in [1.165, 1.54) is 24.0 Å². The topological polar surface area (TPSA) is 12.0 Å². The van der Waals surface area contributed by atoms with Gasteiger partial charge in [-0.05, 0) is 35.8 Å². The van der Waals surface area contributed by atoms with Gasteiger partial charge in [-0.25, -0.2) is 0 Å². The Morgan fingerprint density at radius 2 is 1.63 bits per heavy atom. The van der Waals surface area contributed by atoms with E-state index < -0.39 is 0 Å². The fourth-order valence-corrected chi connectivity index (χ4v) is 2.00. The molecule has 1 nitrogen and oxygen atoms in total. The highest BCUT2D eigenvalue weighted by molar-refractivity contribution is 5.24. The molecule has 0 spiro atoms. The summed E-state index contributed by atoms with van der Waals surface area (Å²) < 4.78 is 0.